The summed E-state index contributed by atoms with van der Waals surface area (Å²) in [5.41, 5.74) is 5.53. The van der Waals surface area contributed by atoms with Crippen molar-refractivity contribution in [2.75, 3.05) is 27.2 Å². The van der Waals surface area contributed by atoms with Gasteiger partial charge in [0.1, 0.15) is 0 Å². The molecule has 0 heterocycles. The zero-order chi connectivity index (χ0) is 20.1. The number of nitrogens with zero attached hydrogens (tertiary/aromatic N) is 2. The minimum Gasteiger partial charge on any atom is -0.342 e. The second-order valence-corrected chi connectivity index (χ2v) is 7.83. The van der Waals surface area contributed by atoms with Gasteiger partial charge in [-0.05, 0) is 67.2 Å². The molecule has 0 fully saturated rings. The summed E-state index contributed by atoms with van der Waals surface area (Å²) in [5.74, 6) is 0.562. The highest BCUT2D eigenvalue weighted by atomic mass is 15.3. The first-order chi connectivity index (χ1) is 12.1. The molecule has 3 heteroatoms. The van der Waals surface area contributed by atoms with Crippen molar-refractivity contribution in [3.63, 3.8) is 0 Å². The number of likely N-dealkylation sites (N-methyl/N-ethyl adjacent to an activating group) is 2. The van der Waals surface area contributed by atoms with Gasteiger partial charge in [0, 0.05) is 27.2 Å². The number of guanidine groups is 1. The average molecular weight is 360 g/mol. The first kappa shape index (κ1) is 24.2. The van der Waals surface area contributed by atoms with Gasteiger partial charge in [-0.2, -0.15) is 0 Å². The fourth-order valence-electron chi connectivity index (χ4n) is 2.43. The molecule has 0 aliphatic heterocycles. The van der Waals surface area contributed by atoms with E-state index in [1.165, 1.54) is 22.3 Å². The average Bonchev–Trinajstić information content (AvgIpc) is 2.56. The number of nitrogens with one attached hydrogen (secondary N) is 1. The van der Waals surface area contributed by atoms with E-state index in [0.29, 0.717) is 5.96 Å². The van der Waals surface area contributed by atoms with Crippen molar-refractivity contribution in [2.45, 2.75) is 67.2 Å². The van der Waals surface area contributed by atoms with E-state index < -0.39 is 0 Å². The van der Waals surface area contributed by atoms with Gasteiger partial charge in [-0.3, -0.25) is 5.41 Å². The first-order valence-electron chi connectivity index (χ1n) is 9.72. The van der Waals surface area contributed by atoms with Crippen molar-refractivity contribution < 1.29 is 0 Å². The van der Waals surface area contributed by atoms with Gasteiger partial charge >= 0.3 is 0 Å². The third-order valence-electron chi connectivity index (χ3n) is 4.33. The molecule has 26 heavy (non-hydrogen) atoms. The van der Waals surface area contributed by atoms with Gasteiger partial charge < -0.3 is 9.80 Å². The van der Waals surface area contributed by atoms with E-state index >= 15 is 0 Å². The number of rotatable bonds is 10. The molecule has 0 rings (SSSR count). The van der Waals surface area contributed by atoms with Gasteiger partial charge in [0.15, 0.2) is 5.96 Å². The molecule has 0 amide bonds. The predicted molar refractivity (Wildman–Crippen MR) is 118 cm³/mol. The van der Waals surface area contributed by atoms with E-state index in [1.54, 1.807) is 0 Å². The Morgan fingerprint density at radius 1 is 0.654 bits per heavy atom. The normalized spacial score (nSPS) is 11.8. The Morgan fingerprint density at radius 3 is 1.31 bits per heavy atom. The molecular weight excluding hydrogens is 318 g/mol. The van der Waals surface area contributed by atoms with Crippen molar-refractivity contribution in [3.05, 3.63) is 46.6 Å². The SMILES string of the molecule is CC(C)=CCCC(C)=CCN(C)C(=N)N(C)CC=C(C)CCC=C(C)C. The van der Waals surface area contributed by atoms with Crippen LogP contribution in [-0.2, 0) is 0 Å². The molecule has 3 nitrogen and oxygen atoms in total. The number of allylic oxidation sites excluding steroid dienone is 6. The summed E-state index contributed by atoms with van der Waals surface area (Å²) in [6, 6.07) is 0. The molecule has 0 saturated heterocycles. The van der Waals surface area contributed by atoms with Crippen LogP contribution in [0.3, 0.4) is 0 Å². The minimum absolute atomic E-state index is 0.562. The van der Waals surface area contributed by atoms with Crippen LogP contribution in [0.2, 0.25) is 0 Å². The molecule has 0 spiro atoms. The largest absolute Gasteiger partial charge is 0.342 e. The zero-order valence-electron chi connectivity index (χ0n) is 18.4. The van der Waals surface area contributed by atoms with E-state index in [-0.39, 0.29) is 0 Å². The Morgan fingerprint density at radius 2 is 1.00 bits per heavy atom. The molecule has 148 valence electrons. The van der Waals surface area contributed by atoms with Gasteiger partial charge in [0.05, 0.1) is 0 Å². The predicted octanol–water partition coefficient (Wildman–Crippen LogP) is 6.17. The Labute approximate surface area is 162 Å². The minimum atomic E-state index is 0.562. The van der Waals surface area contributed by atoms with E-state index in [4.69, 9.17) is 5.41 Å². The van der Waals surface area contributed by atoms with Crippen LogP contribution >= 0.6 is 0 Å². The third-order valence-corrected chi connectivity index (χ3v) is 4.33. The second kappa shape index (κ2) is 13.4. The maximum Gasteiger partial charge on any atom is 0.193 e. The number of hydrogen-bond acceptors (Lipinski definition) is 1. The quantitative estimate of drug-likeness (QED) is 0.287. The van der Waals surface area contributed by atoms with Crippen molar-refractivity contribution in [1.82, 2.24) is 9.80 Å². The van der Waals surface area contributed by atoms with Crippen molar-refractivity contribution in [3.8, 4) is 0 Å². The van der Waals surface area contributed by atoms with Crippen LogP contribution in [0.15, 0.2) is 46.6 Å². The van der Waals surface area contributed by atoms with Gasteiger partial charge in [0.25, 0.3) is 0 Å². The lowest BCUT2D eigenvalue weighted by atomic mass is 10.1. The Balaban J connectivity index is 4.36. The Kier molecular flexibility index (Phi) is 12.5. The van der Waals surface area contributed by atoms with Crippen LogP contribution in [0.1, 0.15) is 67.2 Å². The van der Waals surface area contributed by atoms with E-state index in [9.17, 15) is 0 Å². The summed E-state index contributed by atoms with van der Waals surface area (Å²) in [6.07, 6.45) is 13.4. The van der Waals surface area contributed by atoms with Crippen molar-refractivity contribution in [1.29, 1.82) is 5.41 Å². The first-order valence-corrected chi connectivity index (χ1v) is 9.72. The molecular formula is C23H41N3. The molecule has 0 unspecified atom stereocenters. The highest BCUT2D eigenvalue weighted by Crippen LogP contribution is 2.08. The lowest BCUT2D eigenvalue weighted by Crippen LogP contribution is -2.39. The van der Waals surface area contributed by atoms with Crippen LogP contribution in [0.4, 0.5) is 0 Å². The van der Waals surface area contributed by atoms with E-state index in [1.807, 2.05) is 23.9 Å². The van der Waals surface area contributed by atoms with E-state index in [0.717, 1.165) is 38.8 Å². The monoisotopic (exact) mass is 359 g/mol. The highest BCUT2D eigenvalue weighted by molar-refractivity contribution is 5.76. The molecule has 0 atom stereocenters. The molecule has 0 aromatic heterocycles. The lowest BCUT2D eigenvalue weighted by molar-refractivity contribution is 0.428. The van der Waals surface area contributed by atoms with Crippen LogP contribution < -0.4 is 0 Å². The maximum atomic E-state index is 8.35. The number of hydrogen-bond donors (Lipinski definition) is 1. The molecule has 0 radical (unpaired) electrons. The zero-order valence-corrected chi connectivity index (χ0v) is 18.4. The summed E-state index contributed by atoms with van der Waals surface area (Å²) < 4.78 is 0. The Bertz CT molecular complexity index is 494. The summed E-state index contributed by atoms with van der Waals surface area (Å²) in [4.78, 5) is 3.99. The van der Waals surface area contributed by atoms with Gasteiger partial charge in [-0.15, -0.1) is 0 Å². The second-order valence-electron chi connectivity index (χ2n) is 7.83. The highest BCUT2D eigenvalue weighted by Gasteiger charge is 2.07. The molecule has 0 aromatic carbocycles. The standard InChI is InChI=1S/C23H41N3/c1-19(2)11-9-13-21(5)15-17-25(7)23(24)26(8)18-16-22(6)14-10-12-20(3)4/h11-12,15-16,24H,9-10,13-14,17-18H2,1-8H3. The summed E-state index contributed by atoms with van der Waals surface area (Å²) in [6.45, 7) is 14.5. The maximum absolute atomic E-state index is 8.35. The van der Waals surface area contributed by atoms with Gasteiger partial charge in [-0.1, -0.05) is 46.6 Å². The summed E-state index contributed by atoms with van der Waals surface area (Å²) >= 11 is 0. The summed E-state index contributed by atoms with van der Waals surface area (Å²) in [5, 5.41) is 8.35. The fourth-order valence-corrected chi connectivity index (χ4v) is 2.43. The molecule has 0 aromatic rings. The van der Waals surface area contributed by atoms with Crippen LogP contribution in [0, 0.1) is 5.41 Å². The summed E-state index contributed by atoms with van der Waals surface area (Å²) in [7, 11) is 3.98. The Hall–Kier alpha value is -1.77. The smallest absolute Gasteiger partial charge is 0.193 e. The third kappa shape index (κ3) is 12.6. The van der Waals surface area contributed by atoms with Gasteiger partial charge in [0.2, 0.25) is 0 Å². The van der Waals surface area contributed by atoms with Gasteiger partial charge in [-0.25, -0.2) is 0 Å². The van der Waals surface area contributed by atoms with Crippen molar-refractivity contribution in [2.24, 2.45) is 0 Å². The molecule has 0 aliphatic rings. The van der Waals surface area contributed by atoms with E-state index in [2.05, 4.69) is 65.8 Å². The lowest BCUT2D eigenvalue weighted by Gasteiger charge is -2.26. The molecule has 0 bridgehead atoms. The molecule has 0 saturated carbocycles. The molecule has 0 aliphatic carbocycles. The fraction of sp³-hybridized carbons (Fsp3) is 0.609. The topological polar surface area (TPSA) is 30.3 Å². The molecule has 1 N–H and O–H groups in total. The van der Waals surface area contributed by atoms with Crippen LogP contribution in [0.5, 0.6) is 0 Å². The van der Waals surface area contributed by atoms with Crippen LogP contribution in [-0.4, -0.2) is 42.9 Å². The van der Waals surface area contributed by atoms with Crippen LogP contribution in [0.25, 0.3) is 0 Å². The van der Waals surface area contributed by atoms with Crippen molar-refractivity contribution >= 4 is 5.96 Å².